The van der Waals surface area contributed by atoms with Gasteiger partial charge < -0.3 is 18.0 Å². The summed E-state index contributed by atoms with van der Waals surface area (Å²) in [5.74, 6) is 0. The van der Waals surface area contributed by atoms with Gasteiger partial charge in [0.2, 0.25) is 0 Å². The van der Waals surface area contributed by atoms with E-state index in [1.54, 1.807) is 7.11 Å². The van der Waals surface area contributed by atoms with Gasteiger partial charge in [0.1, 0.15) is 0 Å². The Kier molecular flexibility index (Phi) is 8.78. The fourth-order valence-electron chi connectivity index (χ4n) is 1.29. The Morgan fingerprint density at radius 3 is 2.12 bits per heavy atom. The highest BCUT2D eigenvalue weighted by Gasteiger charge is 2.39. The van der Waals surface area contributed by atoms with Crippen LogP contribution in [0.1, 0.15) is 20.8 Å². The van der Waals surface area contributed by atoms with Crippen LogP contribution in [-0.4, -0.2) is 42.3 Å². The van der Waals surface area contributed by atoms with Crippen molar-refractivity contribution in [1.29, 1.82) is 0 Å². The maximum absolute atomic E-state index is 5.62. The monoisotopic (exact) mass is 248 g/mol. The predicted molar refractivity (Wildman–Crippen MR) is 66.5 cm³/mol. The predicted octanol–water partition coefficient (Wildman–Crippen LogP) is 2.24. The van der Waals surface area contributed by atoms with Gasteiger partial charge in [-0.25, -0.2) is 0 Å². The Morgan fingerprint density at radius 1 is 1.19 bits per heavy atom. The lowest BCUT2D eigenvalue weighted by Gasteiger charge is -2.26. The molecule has 0 aromatic heterocycles. The van der Waals surface area contributed by atoms with Crippen LogP contribution in [0, 0.1) is 0 Å². The number of ether oxygens (including phenoxy) is 1. The normalized spacial score (nSPS) is 11.8. The molecule has 0 saturated carbocycles. The fourth-order valence-corrected chi connectivity index (χ4v) is 3.38. The van der Waals surface area contributed by atoms with Gasteiger partial charge >= 0.3 is 8.80 Å². The van der Waals surface area contributed by atoms with Crippen LogP contribution in [0.5, 0.6) is 0 Å². The smallest absolute Gasteiger partial charge is 0.377 e. The SMILES string of the molecule is C=C(C)COCC[Si](OC)(OCC)OCC. The second-order valence-corrected chi connectivity index (χ2v) is 6.36. The van der Waals surface area contributed by atoms with Crippen LogP contribution in [-0.2, 0) is 18.0 Å². The molecule has 0 atom stereocenters. The molecule has 0 N–H and O–H groups in total. The summed E-state index contributed by atoms with van der Waals surface area (Å²) in [6.07, 6.45) is 0. The molecule has 0 aliphatic carbocycles. The minimum Gasteiger partial charge on any atom is -0.377 e. The maximum Gasteiger partial charge on any atom is 0.503 e. The van der Waals surface area contributed by atoms with Crippen molar-refractivity contribution in [1.82, 2.24) is 0 Å². The van der Waals surface area contributed by atoms with Crippen LogP contribution in [0.4, 0.5) is 0 Å². The Labute approximate surface area is 99.9 Å². The van der Waals surface area contributed by atoms with Gasteiger partial charge in [-0.05, 0) is 20.8 Å². The van der Waals surface area contributed by atoms with Crippen molar-refractivity contribution >= 4 is 8.80 Å². The standard InChI is InChI=1S/C11H24O4Si/c1-6-14-16(12-5,15-7-2)9-8-13-10-11(3)4/h3,6-10H2,1-2,4-5H3. The van der Waals surface area contributed by atoms with Gasteiger partial charge in [0, 0.05) is 26.4 Å². The molecule has 0 aromatic rings. The molecule has 0 radical (unpaired) electrons. The van der Waals surface area contributed by atoms with E-state index in [1.165, 1.54) is 0 Å². The third-order valence-electron chi connectivity index (χ3n) is 1.94. The first kappa shape index (κ1) is 15.8. The van der Waals surface area contributed by atoms with E-state index in [0.717, 1.165) is 5.57 Å². The van der Waals surface area contributed by atoms with E-state index < -0.39 is 8.80 Å². The van der Waals surface area contributed by atoms with Gasteiger partial charge in [-0.15, -0.1) is 0 Å². The molecular formula is C11H24O4Si. The largest absolute Gasteiger partial charge is 0.503 e. The second-order valence-electron chi connectivity index (χ2n) is 3.51. The Hall–Kier alpha value is -0.203. The van der Waals surface area contributed by atoms with Crippen molar-refractivity contribution in [3.8, 4) is 0 Å². The Bertz CT molecular complexity index is 190. The third-order valence-corrected chi connectivity index (χ3v) is 4.84. The minimum absolute atomic E-state index is 0.576. The molecule has 0 aliphatic heterocycles. The van der Waals surface area contributed by atoms with Crippen LogP contribution in [0.2, 0.25) is 6.04 Å². The summed E-state index contributed by atoms with van der Waals surface area (Å²) >= 11 is 0. The zero-order valence-electron chi connectivity index (χ0n) is 10.9. The molecule has 0 aliphatic rings. The van der Waals surface area contributed by atoms with Crippen LogP contribution in [0.3, 0.4) is 0 Å². The molecule has 0 unspecified atom stereocenters. The van der Waals surface area contributed by atoms with Gasteiger partial charge in [0.15, 0.2) is 0 Å². The van der Waals surface area contributed by atoms with Crippen molar-refractivity contribution in [2.75, 3.05) is 33.5 Å². The van der Waals surface area contributed by atoms with Gasteiger partial charge in [-0.3, -0.25) is 0 Å². The summed E-state index contributed by atoms with van der Waals surface area (Å²) < 4.78 is 22.1. The summed E-state index contributed by atoms with van der Waals surface area (Å²) in [6, 6.07) is 0.679. The summed E-state index contributed by atoms with van der Waals surface area (Å²) in [5.41, 5.74) is 1.01. The van der Waals surface area contributed by atoms with Crippen molar-refractivity contribution in [2.24, 2.45) is 0 Å². The average molecular weight is 248 g/mol. The highest BCUT2D eigenvalue weighted by Crippen LogP contribution is 2.14. The van der Waals surface area contributed by atoms with Crippen LogP contribution in [0.25, 0.3) is 0 Å². The summed E-state index contributed by atoms with van der Waals surface area (Å²) in [6.45, 7) is 11.9. The summed E-state index contributed by atoms with van der Waals surface area (Å²) in [4.78, 5) is 0. The highest BCUT2D eigenvalue weighted by molar-refractivity contribution is 6.60. The molecule has 0 bridgehead atoms. The number of rotatable bonds is 10. The highest BCUT2D eigenvalue weighted by atomic mass is 28.4. The zero-order valence-corrected chi connectivity index (χ0v) is 11.9. The lowest BCUT2D eigenvalue weighted by molar-refractivity contribution is 0.0732. The molecule has 0 spiro atoms. The molecule has 5 heteroatoms. The maximum atomic E-state index is 5.62. The van der Waals surface area contributed by atoms with Gasteiger partial charge in [0.05, 0.1) is 13.2 Å². The first-order valence-corrected chi connectivity index (χ1v) is 7.58. The topological polar surface area (TPSA) is 36.9 Å². The first-order valence-electron chi connectivity index (χ1n) is 5.65. The minimum atomic E-state index is -2.50. The lowest BCUT2D eigenvalue weighted by Crippen LogP contribution is -2.45. The molecule has 0 heterocycles. The van der Waals surface area contributed by atoms with Crippen molar-refractivity contribution < 1.29 is 18.0 Å². The molecule has 0 fully saturated rings. The molecule has 0 aromatic carbocycles. The number of hydrogen-bond acceptors (Lipinski definition) is 4. The molecule has 4 nitrogen and oxygen atoms in total. The lowest BCUT2D eigenvalue weighted by atomic mass is 10.4. The molecule has 0 rings (SSSR count). The van der Waals surface area contributed by atoms with E-state index in [-0.39, 0.29) is 0 Å². The van der Waals surface area contributed by atoms with Gasteiger partial charge in [-0.1, -0.05) is 12.2 Å². The van der Waals surface area contributed by atoms with E-state index in [1.807, 2.05) is 20.8 Å². The van der Waals surface area contributed by atoms with E-state index in [2.05, 4.69) is 6.58 Å². The fraction of sp³-hybridized carbons (Fsp3) is 0.818. The molecule has 0 saturated heterocycles. The van der Waals surface area contributed by atoms with Crippen LogP contribution >= 0.6 is 0 Å². The molecule has 16 heavy (non-hydrogen) atoms. The van der Waals surface area contributed by atoms with E-state index >= 15 is 0 Å². The van der Waals surface area contributed by atoms with Gasteiger partial charge in [-0.2, -0.15) is 0 Å². The van der Waals surface area contributed by atoms with Crippen LogP contribution < -0.4 is 0 Å². The van der Waals surface area contributed by atoms with E-state index in [4.69, 9.17) is 18.0 Å². The summed E-state index contributed by atoms with van der Waals surface area (Å²) in [5, 5.41) is 0. The Morgan fingerprint density at radius 2 is 1.75 bits per heavy atom. The second kappa shape index (κ2) is 8.89. The third kappa shape index (κ3) is 6.39. The van der Waals surface area contributed by atoms with Gasteiger partial charge in [0.25, 0.3) is 0 Å². The molecule has 0 amide bonds. The first-order chi connectivity index (χ1) is 7.60. The number of hydrogen-bond donors (Lipinski definition) is 0. The zero-order chi connectivity index (χ0) is 12.4. The van der Waals surface area contributed by atoms with E-state index in [9.17, 15) is 0 Å². The van der Waals surface area contributed by atoms with Crippen molar-refractivity contribution in [2.45, 2.75) is 26.8 Å². The Balaban J connectivity index is 4.03. The molecule has 96 valence electrons. The van der Waals surface area contributed by atoms with E-state index in [0.29, 0.717) is 32.5 Å². The van der Waals surface area contributed by atoms with Crippen LogP contribution in [0.15, 0.2) is 12.2 Å². The quantitative estimate of drug-likeness (QED) is 0.337. The molecular weight excluding hydrogens is 224 g/mol. The van der Waals surface area contributed by atoms with Crippen molar-refractivity contribution in [3.63, 3.8) is 0 Å². The van der Waals surface area contributed by atoms with Crippen molar-refractivity contribution in [3.05, 3.63) is 12.2 Å². The average Bonchev–Trinajstić information content (AvgIpc) is 2.24. The summed E-state index contributed by atoms with van der Waals surface area (Å²) in [7, 11) is -0.861.